The van der Waals surface area contributed by atoms with Crippen LogP contribution in [-0.2, 0) is 14.3 Å². The molecule has 1 heterocycles. The van der Waals surface area contributed by atoms with Crippen molar-refractivity contribution < 1.29 is 19.4 Å². The van der Waals surface area contributed by atoms with Crippen LogP contribution in [0.25, 0.3) is 0 Å². The number of aliphatic hydroxyl groups excluding tert-OH is 1. The van der Waals surface area contributed by atoms with Crippen molar-refractivity contribution in [3.05, 3.63) is 0 Å². The highest BCUT2D eigenvalue weighted by molar-refractivity contribution is 5.89. The molecule has 1 atom stereocenters. The van der Waals surface area contributed by atoms with Gasteiger partial charge < -0.3 is 20.1 Å². The van der Waals surface area contributed by atoms with Crippen LogP contribution in [0.3, 0.4) is 0 Å². The maximum atomic E-state index is 11.8. The molecule has 0 aromatic rings. The van der Waals surface area contributed by atoms with Crippen LogP contribution in [-0.4, -0.2) is 60.8 Å². The Morgan fingerprint density at radius 2 is 2.22 bits per heavy atom. The van der Waals surface area contributed by atoms with E-state index in [9.17, 15) is 9.59 Å². The highest BCUT2D eigenvalue weighted by atomic mass is 16.5. The number of aliphatic hydroxyl groups is 1. The maximum Gasteiger partial charge on any atom is 0.225 e. The Morgan fingerprint density at radius 3 is 2.89 bits per heavy atom. The second kappa shape index (κ2) is 6.15. The van der Waals surface area contributed by atoms with Crippen molar-refractivity contribution in [1.82, 2.24) is 10.2 Å². The molecule has 1 aliphatic carbocycles. The van der Waals surface area contributed by atoms with E-state index in [1.807, 2.05) is 4.90 Å². The van der Waals surface area contributed by atoms with Crippen molar-refractivity contribution in [3.8, 4) is 0 Å². The minimum absolute atomic E-state index is 0.0125. The molecule has 0 radical (unpaired) electrons. The van der Waals surface area contributed by atoms with Gasteiger partial charge in [-0.05, 0) is 12.8 Å². The lowest BCUT2D eigenvalue weighted by molar-refractivity contribution is -0.129. The summed E-state index contributed by atoms with van der Waals surface area (Å²) in [4.78, 5) is 25.3. The van der Waals surface area contributed by atoms with Crippen LogP contribution < -0.4 is 5.32 Å². The van der Waals surface area contributed by atoms with Crippen molar-refractivity contribution in [2.45, 2.75) is 25.3 Å². The van der Waals surface area contributed by atoms with Gasteiger partial charge in [-0.15, -0.1) is 0 Å². The number of rotatable bonds is 7. The Bertz CT molecular complexity index is 317. The van der Waals surface area contributed by atoms with Gasteiger partial charge in [0.05, 0.1) is 25.7 Å². The summed E-state index contributed by atoms with van der Waals surface area (Å²) in [6, 6.07) is 0.392. The summed E-state index contributed by atoms with van der Waals surface area (Å²) in [6.07, 6.45) is 2.49. The molecule has 1 saturated carbocycles. The Balaban J connectivity index is 1.65. The Hall–Kier alpha value is -1.14. The molecule has 0 aromatic carbocycles. The first-order valence-corrected chi connectivity index (χ1v) is 6.48. The summed E-state index contributed by atoms with van der Waals surface area (Å²) in [5.74, 6) is -0.177. The van der Waals surface area contributed by atoms with E-state index in [2.05, 4.69) is 5.32 Å². The van der Waals surface area contributed by atoms with E-state index < -0.39 is 0 Å². The van der Waals surface area contributed by atoms with E-state index >= 15 is 0 Å². The summed E-state index contributed by atoms with van der Waals surface area (Å²) in [6.45, 7) is 1.65. The van der Waals surface area contributed by atoms with Gasteiger partial charge in [-0.3, -0.25) is 9.59 Å². The zero-order valence-electron chi connectivity index (χ0n) is 10.4. The van der Waals surface area contributed by atoms with Crippen molar-refractivity contribution in [3.63, 3.8) is 0 Å². The molecule has 0 aromatic heterocycles. The number of likely N-dealkylation sites (tertiary alicyclic amines) is 1. The first kappa shape index (κ1) is 13.3. The topological polar surface area (TPSA) is 78.9 Å². The lowest BCUT2D eigenvalue weighted by Crippen LogP contribution is -2.35. The third-order valence-corrected chi connectivity index (χ3v) is 3.30. The number of ether oxygens (including phenoxy) is 1. The highest BCUT2D eigenvalue weighted by Crippen LogP contribution is 2.32. The number of nitrogens with one attached hydrogen (secondary N) is 1. The molecule has 0 bridgehead atoms. The van der Waals surface area contributed by atoms with Gasteiger partial charge >= 0.3 is 0 Å². The number of carbonyl (C=O) groups is 2. The van der Waals surface area contributed by atoms with E-state index in [0.29, 0.717) is 32.2 Å². The van der Waals surface area contributed by atoms with Gasteiger partial charge in [0.1, 0.15) is 0 Å². The van der Waals surface area contributed by atoms with Gasteiger partial charge in [0.15, 0.2) is 0 Å². The number of hydrogen-bond acceptors (Lipinski definition) is 4. The normalized spacial score (nSPS) is 23.5. The fourth-order valence-corrected chi connectivity index (χ4v) is 2.20. The molecule has 2 fully saturated rings. The highest BCUT2D eigenvalue weighted by Gasteiger charge is 2.41. The van der Waals surface area contributed by atoms with E-state index in [0.717, 1.165) is 12.8 Å². The molecule has 2 N–H and O–H groups in total. The quantitative estimate of drug-likeness (QED) is 0.580. The summed E-state index contributed by atoms with van der Waals surface area (Å²) >= 11 is 0. The van der Waals surface area contributed by atoms with E-state index in [4.69, 9.17) is 9.84 Å². The van der Waals surface area contributed by atoms with Crippen LogP contribution >= 0.6 is 0 Å². The fourth-order valence-electron chi connectivity index (χ4n) is 2.20. The zero-order valence-corrected chi connectivity index (χ0v) is 10.4. The lowest BCUT2D eigenvalue weighted by atomic mass is 10.1. The number of hydrogen-bond donors (Lipinski definition) is 2. The van der Waals surface area contributed by atoms with Crippen LogP contribution in [0.2, 0.25) is 0 Å². The zero-order chi connectivity index (χ0) is 13.0. The number of amides is 2. The van der Waals surface area contributed by atoms with Crippen LogP contribution in [0.4, 0.5) is 0 Å². The Morgan fingerprint density at radius 1 is 1.44 bits per heavy atom. The van der Waals surface area contributed by atoms with Gasteiger partial charge in [0.25, 0.3) is 0 Å². The van der Waals surface area contributed by atoms with Crippen LogP contribution in [0.5, 0.6) is 0 Å². The molecule has 6 heteroatoms. The van der Waals surface area contributed by atoms with Crippen molar-refractivity contribution in [2.24, 2.45) is 5.92 Å². The molecular formula is C12H20N2O4. The molecule has 2 amide bonds. The monoisotopic (exact) mass is 256 g/mol. The molecule has 2 aliphatic rings. The van der Waals surface area contributed by atoms with Crippen LogP contribution in [0.1, 0.15) is 19.3 Å². The summed E-state index contributed by atoms with van der Waals surface area (Å²) in [5.41, 5.74) is 0. The standard InChI is InChI=1S/C12H20N2O4/c15-4-6-18-5-3-13-12(17)9-7-11(16)14(8-9)10-1-2-10/h9-10,15H,1-8H2,(H,13,17). The average Bonchev–Trinajstić information content (AvgIpc) is 3.12. The SMILES string of the molecule is O=C(NCCOCCO)C1CC(=O)N(C2CC2)C1. The summed E-state index contributed by atoms with van der Waals surface area (Å²) < 4.78 is 5.04. The largest absolute Gasteiger partial charge is 0.394 e. The number of carbonyl (C=O) groups excluding carboxylic acids is 2. The third kappa shape index (κ3) is 3.43. The molecule has 1 unspecified atom stereocenters. The van der Waals surface area contributed by atoms with Gasteiger partial charge in [-0.25, -0.2) is 0 Å². The van der Waals surface area contributed by atoms with Gasteiger partial charge in [-0.1, -0.05) is 0 Å². The van der Waals surface area contributed by atoms with Crippen molar-refractivity contribution in [1.29, 1.82) is 0 Å². The molecular weight excluding hydrogens is 236 g/mol. The molecule has 1 aliphatic heterocycles. The second-order valence-electron chi connectivity index (χ2n) is 4.81. The fraction of sp³-hybridized carbons (Fsp3) is 0.833. The Kier molecular flexibility index (Phi) is 4.54. The minimum atomic E-state index is -0.212. The summed E-state index contributed by atoms with van der Waals surface area (Å²) in [5, 5.41) is 11.3. The van der Waals surface area contributed by atoms with E-state index in [1.165, 1.54) is 0 Å². The summed E-state index contributed by atoms with van der Waals surface area (Å²) in [7, 11) is 0. The van der Waals surface area contributed by atoms with Crippen molar-refractivity contribution >= 4 is 11.8 Å². The third-order valence-electron chi connectivity index (χ3n) is 3.30. The van der Waals surface area contributed by atoms with Crippen molar-refractivity contribution in [2.75, 3.05) is 32.9 Å². The molecule has 102 valence electrons. The van der Waals surface area contributed by atoms with Gasteiger partial charge in [0, 0.05) is 25.6 Å². The second-order valence-corrected chi connectivity index (χ2v) is 4.81. The molecule has 2 rings (SSSR count). The first-order chi connectivity index (χ1) is 8.72. The maximum absolute atomic E-state index is 11.8. The van der Waals surface area contributed by atoms with Gasteiger partial charge in [-0.2, -0.15) is 0 Å². The predicted octanol–water partition coefficient (Wildman–Crippen LogP) is -0.878. The van der Waals surface area contributed by atoms with Gasteiger partial charge in [0.2, 0.25) is 11.8 Å². The first-order valence-electron chi connectivity index (χ1n) is 6.48. The average molecular weight is 256 g/mol. The lowest BCUT2D eigenvalue weighted by Gasteiger charge is -2.15. The molecule has 6 nitrogen and oxygen atoms in total. The number of nitrogens with zero attached hydrogens (tertiary/aromatic N) is 1. The van der Waals surface area contributed by atoms with E-state index in [-0.39, 0.29) is 30.9 Å². The molecule has 18 heavy (non-hydrogen) atoms. The van der Waals surface area contributed by atoms with Crippen LogP contribution in [0, 0.1) is 5.92 Å². The predicted molar refractivity (Wildman–Crippen MR) is 63.8 cm³/mol. The van der Waals surface area contributed by atoms with Crippen LogP contribution in [0.15, 0.2) is 0 Å². The molecule has 0 spiro atoms. The van der Waals surface area contributed by atoms with E-state index in [1.54, 1.807) is 0 Å². The molecule has 1 saturated heterocycles. The Labute approximate surface area is 106 Å². The smallest absolute Gasteiger partial charge is 0.225 e. The minimum Gasteiger partial charge on any atom is -0.394 e.